The summed E-state index contributed by atoms with van der Waals surface area (Å²) in [5.74, 6) is 1.39. The third-order valence-electron chi connectivity index (χ3n) is 5.76. The first kappa shape index (κ1) is 23.5. The summed E-state index contributed by atoms with van der Waals surface area (Å²) in [5.41, 5.74) is 8.21. The smallest absolute Gasteiger partial charge is 0.356 e. The Morgan fingerprint density at radius 3 is 2.83 bits per heavy atom. The number of H-pyrrole nitrogens is 1. The molecule has 3 heterocycles. The number of aromatic amines is 1. The van der Waals surface area contributed by atoms with Crippen LogP contribution in [0.3, 0.4) is 0 Å². The highest BCUT2D eigenvalue weighted by atomic mass is 32.2. The molecule has 2 aromatic carbocycles. The number of aromatic nitrogens is 2. The molecule has 0 radical (unpaired) electrons. The molecule has 35 heavy (non-hydrogen) atoms. The maximum Gasteiger partial charge on any atom is 0.356 e. The number of imidazole rings is 1. The van der Waals surface area contributed by atoms with Crippen LogP contribution in [0.2, 0.25) is 0 Å². The Hall–Kier alpha value is -3.21. The van der Waals surface area contributed by atoms with Gasteiger partial charge in [-0.05, 0) is 35.4 Å². The molecule has 1 saturated heterocycles. The van der Waals surface area contributed by atoms with Crippen molar-refractivity contribution in [2.75, 3.05) is 12.9 Å². The molecule has 0 bridgehead atoms. The number of carbonyl (C=O) groups is 2. The average Bonchev–Trinajstić information content (AvgIpc) is 3.40. The van der Waals surface area contributed by atoms with Crippen LogP contribution < -0.4 is 10.5 Å². The summed E-state index contributed by atoms with van der Waals surface area (Å²) in [5, 5.41) is -0.249. The first-order valence-electron chi connectivity index (χ1n) is 11.0. The largest absolute Gasteiger partial charge is 0.497 e. The summed E-state index contributed by atoms with van der Waals surface area (Å²) in [4.78, 5) is 36.5. The Labute approximate surface area is 211 Å². The number of rotatable bonds is 8. The van der Waals surface area contributed by atoms with E-state index in [4.69, 9.17) is 15.2 Å². The van der Waals surface area contributed by atoms with Crippen LogP contribution in [0.1, 0.15) is 17.0 Å². The van der Waals surface area contributed by atoms with E-state index in [1.165, 1.54) is 16.7 Å². The van der Waals surface area contributed by atoms with E-state index < -0.39 is 12.0 Å². The number of β-lactam (4-membered cyclic amide) rings is 1. The van der Waals surface area contributed by atoms with Crippen molar-refractivity contribution in [2.24, 2.45) is 5.73 Å². The second-order valence-corrected chi connectivity index (χ2v) is 10.4. The summed E-state index contributed by atoms with van der Waals surface area (Å²) in [7, 11) is 1.60. The molecule has 0 aliphatic carbocycles. The lowest BCUT2D eigenvalue weighted by Crippen LogP contribution is -2.68. The number of ether oxygens (including phenoxy) is 2. The normalized spacial score (nSPS) is 19.3. The van der Waals surface area contributed by atoms with Gasteiger partial charge in [-0.1, -0.05) is 36.0 Å². The molecule has 1 amide bonds. The number of nitrogens with one attached hydrogen (secondary N) is 1. The van der Waals surface area contributed by atoms with Crippen molar-refractivity contribution < 1.29 is 19.1 Å². The van der Waals surface area contributed by atoms with E-state index in [-0.39, 0.29) is 23.6 Å². The number of thioether (sulfide) groups is 2. The molecule has 0 unspecified atom stereocenters. The van der Waals surface area contributed by atoms with Gasteiger partial charge in [0.25, 0.3) is 0 Å². The van der Waals surface area contributed by atoms with Crippen LogP contribution in [0, 0.1) is 0 Å². The molecule has 0 saturated carbocycles. The van der Waals surface area contributed by atoms with E-state index in [9.17, 15) is 9.59 Å². The molecule has 0 spiro atoms. The van der Waals surface area contributed by atoms with Crippen LogP contribution in [-0.2, 0) is 27.4 Å². The van der Waals surface area contributed by atoms with Gasteiger partial charge in [-0.25, -0.2) is 9.78 Å². The highest BCUT2D eigenvalue weighted by Gasteiger charge is 2.52. The molecule has 10 heteroatoms. The zero-order valence-corrected chi connectivity index (χ0v) is 20.6. The molecule has 2 atom stereocenters. The summed E-state index contributed by atoms with van der Waals surface area (Å²) in [6.07, 6.45) is 4.20. The van der Waals surface area contributed by atoms with E-state index in [2.05, 4.69) is 16.0 Å². The molecule has 3 aromatic rings. The Morgan fingerprint density at radius 2 is 2.09 bits per heavy atom. The van der Waals surface area contributed by atoms with E-state index in [0.29, 0.717) is 12.2 Å². The monoisotopic (exact) mass is 508 g/mol. The van der Waals surface area contributed by atoms with Crippen molar-refractivity contribution in [3.05, 3.63) is 88.5 Å². The molecule has 5 rings (SSSR count). The minimum atomic E-state index is -0.604. The van der Waals surface area contributed by atoms with Gasteiger partial charge in [0, 0.05) is 34.4 Å². The summed E-state index contributed by atoms with van der Waals surface area (Å²) in [6, 6.07) is 14.8. The third kappa shape index (κ3) is 4.95. The van der Waals surface area contributed by atoms with E-state index >= 15 is 0 Å². The fraction of sp³-hybridized carbons (Fsp3) is 0.240. The number of benzene rings is 2. The number of amides is 1. The number of hydrogen-bond donors (Lipinski definition) is 2. The SMILES string of the molecule is COc1ccc(COC(=O)C2=C(Sc3cccc(Cc4ncc[nH]4)c3)CS[C@@H]3[C@H](N)C(=O)N23)cc1. The Kier molecular flexibility index (Phi) is 6.85. The molecular formula is C25H24N4O4S2. The van der Waals surface area contributed by atoms with Crippen molar-refractivity contribution in [1.29, 1.82) is 0 Å². The van der Waals surface area contributed by atoms with Crippen molar-refractivity contribution in [1.82, 2.24) is 14.9 Å². The van der Waals surface area contributed by atoms with E-state index in [1.54, 1.807) is 31.3 Å². The van der Waals surface area contributed by atoms with Crippen molar-refractivity contribution >= 4 is 35.4 Å². The lowest BCUT2D eigenvalue weighted by Gasteiger charge is -2.48. The van der Waals surface area contributed by atoms with Gasteiger partial charge in [0.2, 0.25) is 5.91 Å². The summed E-state index contributed by atoms with van der Waals surface area (Å²) >= 11 is 3.04. The van der Waals surface area contributed by atoms with Gasteiger partial charge in [-0.2, -0.15) is 0 Å². The topological polar surface area (TPSA) is 111 Å². The van der Waals surface area contributed by atoms with E-state index in [1.807, 2.05) is 42.5 Å². The zero-order chi connectivity index (χ0) is 24.4. The molecule has 2 aliphatic heterocycles. The Balaban J connectivity index is 1.37. The quantitative estimate of drug-likeness (QED) is 0.352. The van der Waals surface area contributed by atoms with Crippen molar-refractivity contribution in [3.63, 3.8) is 0 Å². The molecule has 1 fully saturated rings. The van der Waals surface area contributed by atoms with Crippen LogP contribution in [-0.4, -0.2) is 51.0 Å². The fourth-order valence-electron chi connectivity index (χ4n) is 3.94. The Morgan fingerprint density at radius 1 is 1.26 bits per heavy atom. The number of hydrogen-bond acceptors (Lipinski definition) is 8. The average molecular weight is 509 g/mol. The number of nitrogens with two attached hydrogens (primary N) is 1. The van der Waals surface area contributed by atoms with Crippen molar-refractivity contribution in [2.45, 2.75) is 29.3 Å². The molecule has 2 aliphatic rings. The van der Waals surface area contributed by atoms with Crippen LogP contribution in [0.4, 0.5) is 0 Å². The number of methoxy groups -OCH3 is 1. The highest BCUT2D eigenvalue weighted by Crippen LogP contribution is 2.45. The second kappa shape index (κ2) is 10.2. The first-order valence-corrected chi connectivity index (χ1v) is 12.9. The van der Waals surface area contributed by atoms with Gasteiger partial charge in [0.05, 0.1) is 7.11 Å². The minimum absolute atomic E-state index is 0.0921. The summed E-state index contributed by atoms with van der Waals surface area (Å²) in [6.45, 7) is 0.0921. The highest BCUT2D eigenvalue weighted by molar-refractivity contribution is 8.06. The second-order valence-electron chi connectivity index (χ2n) is 8.09. The number of esters is 1. The van der Waals surface area contributed by atoms with Crippen LogP contribution in [0.25, 0.3) is 0 Å². The number of nitrogens with zero attached hydrogens (tertiary/aromatic N) is 2. The molecule has 1 aromatic heterocycles. The van der Waals surface area contributed by atoms with Crippen molar-refractivity contribution in [3.8, 4) is 5.75 Å². The maximum absolute atomic E-state index is 13.2. The van der Waals surface area contributed by atoms with Gasteiger partial charge in [0.1, 0.15) is 35.3 Å². The predicted octanol–water partition coefficient (Wildman–Crippen LogP) is 3.30. The molecule has 180 valence electrons. The number of fused-ring (bicyclic) bond motifs is 1. The van der Waals surface area contributed by atoms with Gasteiger partial charge in [0.15, 0.2) is 0 Å². The maximum atomic E-state index is 13.2. The lowest BCUT2D eigenvalue weighted by atomic mass is 10.1. The third-order valence-corrected chi connectivity index (χ3v) is 8.32. The zero-order valence-electron chi connectivity index (χ0n) is 19.0. The predicted molar refractivity (Wildman–Crippen MR) is 135 cm³/mol. The number of carbonyl (C=O) groups excluding carboxylic acids is 2. The molecular weight excluding hydrogens is 484 g/mol. The Bertz CT molecular complexity index is 1260. The first-order chi connectivity index (χ1) is 17.0. The van der Waals surface area contributed by atoms with Crippen LogP contribution in [0.15, 0.2) is 76.4 Å². The molecule has 8 nitrogen and oxygen atoms in total. The van der Waals surface area contributed by atoms with Gasteiger partial charge >= 0.3 is 5.97 Å². The molecule has 3 N–H and O–H groups in total. The summed E-state index contributed by atoms with van der Waals surface area (Å²) < 4.78 is 10.8. The van der Waals surface area contributed by atoms with Crippen LogP contribution in [0.5, 0.6) is 5.75 Å². The minimum Gasteiger partial charge on any atom is -0.497 e. The lowest BCUT2D eigenvalue weighted by molar-refractivity contribution is -0.151. The van der Waals surface area contributed by atoms with Gasteiger partial charge < -0.3 is 20.2 Å². The van der Waals surface area contributed by atoms with E-state index in [0.717, 1.165) is 32.5 Å². The van der Waals surface area contributed by atoms with Gasteiger partial charge in [-0.3, -0.25) is 9.69 Å². The fourth-order valence-corrected chi connectivity index (χ4v) is 6.44. The van der Waals surface area contributed by atoms with Gasteiger partial charge in [-0.15, -0.1) is 11.8 Å². The van der Waals surface area contributed by atoms with Crippen LogP contribution >= 0.6 is 23.5 Å². The standard InChI is InChI=1S/C25H24N4O4S2/c1-32-17-7-5-15(6-8-17)13-33-25(31)22-19(14-34-24-21(26)23(30)29(22)24)35-18-4-2-3-16(11-18)12-20-27-9-10-28-20/h2-11,21,24H,12-14,26H2,1H3,(H,27,28)/t21-,24-/m1/s1.